The quantitative estimate of drug-likeness (QED) is 0.917. The third kappa shape index (κ3) is 3.90. The molecule has 1 atom stereocenters. The number of alkyl halides is 2. The van der Waals surface area contributed by atoms with Crippen LogP contribution in [0, 0.1) is 0 Å². The van der Waals surface area contributed by atoms with Crippen LogP contribution in [-0.4, -0.2) is 42.0 Å². The van der Waals surface area contributed by atoms with Gasteiger partial charge in [-0.25, -0.2) is 4.79 Å². The molecular weight excluding hydrogens is 282 g/mol. The number of carbonyl (C=O) groups excluding carboxylic acids is 2. The Morgan fingerprint density at radius 1 is 1.33 bits per heavy atom. The van der Waals surface area contributed by atoms with E-state index in [9.17, 15) is 18.4 Å². The summed E-state index contributed by atoms with van der Waals surface area (Å²) in [5, 5.41) is 0. The number of nitrogens with two attached hydrogens (primary N) is 1. The zero-order valence-electron chi connectivity index (χ0n) is 11.3. The summed E-state index contributed by atoms with van der Waals surface area (Å²) in [6.07, 6.45) is -1.91. The summed E-state index contributed by atoms with van der Waals surface area (Å²) < 4.78 is 32.8. The lowest BCUT2D eigenvalue weighted by Crippen LogP contribution is -2.44. The summed E-state index contributed by atoms with van der Waals surface area (Å²) in [4.78, 5) is 23.5. The third-order valence-electron chi connectivity index (χ3n) is 3.30. The number of rotatable bonds is 4. The van der Waals surface area contributed by atoms with Crippen molar-refractivity contribution in [2.45, 2.75) is 24.9 Å². The van der Waals surface area contributed by atoms with Gasteiger partial charge < -0.3 is 15.4 Å². The van der Waals surface area contributed by atoms with Gasteiger partial charge in [-0.2, -0.15) is 8.78 Å². The van der Waals surface area contributed by atoms with E-state index in [-0.39, 0.29) is 13.1 Å². The van der Waals surface area contributed by atoms with Crippen molar-refractivity contribution in [2.24, 2.45) is 5.73 Å². The Morgan fingerprint density at radius 3 is 2.62 bits per heavy atom. The summed E-state index contributed by atoms with van der Waals surface area (Å²) in [6, 6.07) is 8.09. The highest BCUT2D eigenvalue weighted by molar-refractivity contribution is 5.84. The van der Waals surface area contributed by atoms with Gasteiger partial charge in [0.15, 0.2) is 0 Å². The lowest BCUT2D eigenvalue weighted by atomic mass is 10.1. The van der Waals surface area contributed by atoms with Gasteiger partial charge in [-0.3, -0.25) is 4.79 Å². The van der Waals surface area contributed by atoms with E-state index < -0.39 is 30.4 Å². The molecule has 1 heterocycles. The molecule has 0 aliphatic carbocycles. The highest BCUT2D eigenvalue weighted by Gasteiger charge is 2.44. The molecule has 1 aliphatic rings. The lowest BCUT2D eigenvalue weighted by molar-refractivity contribution is -0.156. The fourth-order valence-corrected chi connectivity index (χ4v) is 2.33. The molecule has 7 heteroatoms. The van der Waals surface area contributed by atoms with Crippen molar-refractivity contribution in [3.05, 3.63) is 35.9 Å². The highest BCUT2D eigenvalue weighted by atomic mass is 19.3. The standard InChI is InChI=1S/C14H16F2N2O3/c15-14(16,8-10-4-2-1-3-5-10)12(19)18-7-6-11(9-18)21-13(17)20/h1-5,11H,6-9H2,(H2,17,20). The summed E-state index contributed by atoms with van der Waals surface area (Å²) in [5.41, 5.74) is 5.26. The number of ether oxygens (including phenoxy) is 1. The predicted molar refractivity (Wildman–Crippen MR) is 70.7 cm³/mol. The minimum Gasteiger partial charge on any atom is -0.444 e. The van der Waals surface area contributed by atoms with Gasteiger partial charge in [-0.15, -0.1) is 0 Å². The van der Waals surface area contributed by atoms with Crippen LogP contribution < -0.4 is 5.73 Å². The van der Waals surface area contributed by atoms with Gasteiger partial charge in [0.05, 0.1) is 6.54 Å². The van der Waals surface area contributed by atoms with E-state index in [1.54, 1.807) is 30.3 Å². The van der Waals surface area contributed by atoms with Crippen LogP contribution >= 0.6 is 0 Å². The zero-order chi connectivity index (χ0) is 15.5. The topological polar surface area (TPSA) is 72.6 Å². The van der Waals surface area contributed by atoms with Gasteiger partial charge in [0.25, 0.3) is 5.91 Å². The third-order valence-corrected chi connectivity index (χ3v) is 3.30. The normalized spacial score (nSPS) is 18.6. The smallest absolute Gasteiger partial charge is 0.404 e. The van der Waals surface area contributed by atoms with Crippen LogP contribution in [0.1, 0.15) is 12.0 Å². The second-order valence-electron chi connectivity index (χ2n) is 4.97. The number of benzene rings is 1. The summed E-state index contributed by atoms with van der Waals surface area (Å²) >= 11 is 0. The Balaban J connectivity index is 1.97. The van der Waals surface area contributed by atoms with Gasteiger partial charge in [0, 0.05) is 19.4 Å². The average Bonchev–Trinajstić information content (AvgIpc) is 2.86. The first-order valence-corrected chi connectivity index (χ1v) is 6.56. The fraction of sp³-hybridized carbons (Fsp3) is 0.429. The molecule has 0 radical (unpaired) electrons. The summed E-state index contributed by atoms with van der Waals surface area (Å²) in [5.74, 6) is -4.73. The molecule has 2 N–H and O–H groups in total. The Labute approximate surface area is 120 Å². The molecule has 1 fully saturated rings. The maximum Gasteiger partial charge on any atom is 0.404 e. The molecule has 1 aliphatic heterocycles. The number of carbonyl (C=O) groups is 2. The fourth-order valence-electron chi connectivity index (χ4n) is 2.33. The molecule has 21 heavy (non-hydrogen) atoms. The summed E-state index contributed by atoms with van der Waals surface area (Å²) in [7, 11) is 0. The first-order chi connectivity index (χ1) is 9.88. The predicted octanol–water partition coefficient (Wildman–Crippen LogP) is 1.56. The molecule has 1 aromatic rings. The van der Waals surface area contributed by atoms with E-state index in [1.807, 2.05) is 0 Å². The maximum absolute atomic E-state index is 14.0. The van der Waals surface area contributed by atoms with Crippen molar-refractivity contribution < 1.29 is 23.1 Å². The SMILES string of the molecule is NC(=O)OC1CCN(C(=O)C(F)(F)Cc2ccccc2)C1. The van der Waals surface area contributed by atoms with Gasteiger partial charge in [-0.1, -0.05) is 30.3 Å². The van der Waals surface area contributed by atoms with Crippen molar-refractivity contribution in [1.82, 2.24) is 4.90 Å². The van der Waals surface area contributed by atoms with Gasteiger partial charge in [0.2, 0.25) is 0 Å². The first-order valence-electron chi connectivity index (χ1n) is 6.56. The molecule has 2 rings (SSSR count). The summed E-state index contributed by atoms with van der Waals surface area (Å²) in [6.45, 7) is 0.0767. The van der Waals surface area contributed by atoms with Crippen LogP contribution in [-0.2, 0) is 16.0 Å². The van der Waals surface area contributed by atoms with Gasteiger partial charge >= 0.3 is 12.0 Å². The highest BCUT2D eigenvalue weighted by Crippen LogP contribution is 2.25. The monoisotopic (exact) mass is 298 g/mol. The van der Waals surface area contributed by atoms with Crippen LogP contribution in [0.2, 0.25) is 0 Å². The van der Waals surface area contributed by atoms with Crippen molar-refractivity contribution in [2.75, 3.05) is 13.1 Å². The van der Waals surface area contributed by atoms with Gasteiger partial charge in [0.1, 0.15) is 6.10 Å². The van der Waals surface area contributed by atoms with Crippen LogP contribution in [0.4, 0.5) is 13.6 Å². The number of hydrogen-bond donors (Lipinski definition) is 1. The zero-order valence-corrected chi connectivity index (χ0v) is 11.3. The molecule has 0 saturated carbocycles. The van der Waals surface area contributed by atoms with E-state index >= 15 is 0 Å². The van der Waals surface area contributed by atoms with Crippen molar-refractivity contribution in [3.8, 4) is 0 Å². The first kappa shape index (κ1) is 15.2. The van der Waals surface area contributed by atoms with Crippen LogP contribution in [0.15, 0.2) is 30.3 Å². The molecule has 0 bridgehead atoms. The molecule has 114 valence electrons. The Kier molecular flexibility index (Phi) is 4.40. The van der Waals surface area contributed by atoms with E-state index in [4.69, 9.17) is 10.5 Å². The van der Waals surface area contributed by atoms with Crippen LogP contribution in [0.5, 0.6) is 0 Å². The van der Waals surface area contributed by atoms with E-state index in [1.165, 1.54) is 0 Å². The average molecular weight is 298 g/mol. The minimum atomic E-state index is -3.48. The second kappa shape index (κ2) is 6.07. The molecular formula is C14H16F2N2O3. The number of amides is 2. The molecule has 0 spiro atoms. The Hall–Kier alpha value is -2.18. The number of primary amides is 1. The Bertz CT molecular complexity index is 522. The lowest BCUT2D eigenvalue weighted by Gasteiger charge is -2.23. The van der Waals surface area contributed by atoms with Crippen molar-refractivity contribution in [3.63, 3.8) is 0 Å². The van der Waals surface area contributed by atoms with Crippen molar-refractivity contribution >= 4 is 12.0 Å². The van der Waals surface area contributed by atoms with E-state index in [0.717, 1.165) is 4.90 Å². The molecule has 5 nitrogen and oxygen atoms in total. The molecule has 2 amide bonds. The van der Waals surface area contributed by atoms with Crippen LogP contribution in [0.3, 0.4) is 0 Å². The van der Waals surface area contributed by atoms with Crippen molar-refractivity contribution in [1.29, 1.82) is 0 Å². The molecule has 1 unspecified atom stereocenters. The molecule has 1 saturated heterocycles. The minimum absolute atomic E-state index is 0.0495. The van der Waals surface area contributed by atoms with E-state index in [2.05, 4.69) is 0 Å². The molecule has 0 aromatic heterocycles. The number of hydrogen-bond acceptors (Lipinski definition) is 3. The van der Waals surface area contributed by atoms with E-state index in [0.29, 0.717) is 12.0 Å². The Morgan fingerprint density at radius 2 is 2.00 bits per heavy atom. The van der Waals surface area contributed by atoms with Gasteiger partial charge in [-0.05, 0) is 5.56 Å². The molecule has 1 aromatic carbocycles. The van der Waals surface area contributed by atoms with Crippen LogP contribution in [0.25, 0.3) is 0 Å². The maximum atomic E-state index is 14.0. The number of halogens is 2. The number of nitrogens with zero attached hydrogens (tertiary/aromatic N) is 1. The number of likely N-dealkylation sites (tertiary alicyclic amines) is 1. The second-order valence-corrected chi connectivity index (χ2v) is 4.97. The largest absolute Gasteiger partial charge is 0.444 e.